The third kappa shape index (κ3) is 2.22. The van der Waals surface area contributed by atoms with E-state index < -0.39 is 0 Å². The number of hydrogen-bond donors (Lipinski definition) is 2. The largest absolute Gasteiger partial charge is 0.316 e. The first kappa shape index (κ1) is 8.58. The van der Waals surface area contributed by atoms with Gasteiger partial charge in [-0.3, -0.25) is 4.79 Å². The Morgan fingerprint density at radius 2 is 2.62 bits per heavy atom. The van der Waals surface area contributed by atoms with Gasteiger partial charge in [0.1, 0.15) is 5.51 Å². The van der Waals surface area contributed by atoms with Crippen LogP contribution in [0.25, 0.3) is 0 Å². The predicted octanol–water partition coefficient (Wildman–Crippen LogP) is 0.0861. The van der Waals surface area contributed by atoms with E-state index in [2.05, 4.69) is 20.8 Å². The number of carbonyl (C=O) groups is 1. The predicted molar refractivity (Wildman–Crippen MR) is 49.5 cm³/mol. The third-order valence-electron chi connectivity index (χ3n) is 1.95. The van der Waals surface area contributed by atoms with E-state index in [0.29, 0.717) is 17.5 Å². The summed E-state index contributed by atoms with van der Waals surface area (Å²) >= 11 is 1.33. The van der Waals surface area contributed by atoms with Crippen LogP contribution in [-0.2, 0) is 4.79 Å². The molecule has 5 nitrogen and oxygen atoms in total. The molecule has 13 heavy (non-hydrogen) atoms. The van der Waals surface area contributed by atoms with Gasteiger partial charge in [0.25, 0.3) is 0 Å². The Hall–Kier alpha value is -1.01. The number of nitrogens with one attached hydrogen (secondary N) is 2. The third-order valence-corrected chi connectivity index (χ3v) is 2.55. The van der Waals surface area contributed by atoms with Gasteiger partial charge in [-0.25, -0.2) is 0 Å². The topological polar surface area (TPSA) is 66.9 Å². The Morgan fingerprint density at radius 3 is 3.15 bits per heavy atom. The Bertz CT molecular complexity index is 283. The molecule has 1 saturated heterocycles. The molecule has 0 atom stereocenters. The van der Waals surface area contributed by atoms with Gasteiger partial charge in [-0.15, -0.1) is 10.2 Å². The second-order valence-corrected chi connectivity index (χ2v) is 3.85. The summed E-state index contributed by atoms with van der Waals surface area (Å²) in [7, 11) is 0. The van der Waals surface area contributed by atoms with Crippen LogP contribution in [0.5, 0.6) is 0 Å². The van der Waals surface area contributed by atoms with E-state index in [9.17, 15) is 4.79 Å². The first-order chi connectivity index (χ1) is 6.34. The lowest BCUT2D eigenvalue weighted by Crippen LogP contribution is -2.43. The quantitative estimate of drug-likeness (QED) is 0.722. The van der Waals surface area contributed by atoms with Crippen LogP contribution in [-0.4, -0.2) is 29.2 Å². The Morgan fingerprint density at radius 1 is 1.77 bits per heavy atom. The van der Waals surface area contributed by atoms with Crippen molar-refractivity contribution in [1.82, 2.24) is 15.5 Å². The van der Waals surface area contributed by atoms with E-state index in [1.54, 1.807) is 5.51 Å². The Labute approximate surface area is 79.6 Å². The van der Waals surface area contributed by atoms with Crippen molar-refractivity contribution in [2.45, 2.75) is 6.42 Å². The molecule has 1 aromatic heterocycles. The molecule has 0 bridgehead atoms. The van der Waals surface area contributed by atoms with Crippen LogP contribution in [0.15, 0.2) is 5.51 Å². The monoisotopic (exact) mass is 198 g/mol. The molecule has 6 heteroatoms. The molecule has 0 aromatic carbocycles. The zero-order valence-corrected chi connectivity index (χ0v) is 7.80. The summed E-state index contributed by atoms with van der Waals surface area (Å²) in [6, 6.07) is 0. The molecule has 1 aromatic rings. The molecule has 0 unspecified atom stereocenters. The second-order valence-electron chi connectivity index (χ2n) is 3.02. The van der Waals surface area contributed by atoms with E-state index in [0.717, 1.165) is 13.1 Å². The Kier molecular flexibility index (Phi) is 2.51. The Balaban J connectivity index is 1.78. The van der Waals surface area contributed by atoms with Gasteiger partial charge < -0.3 is 10.6 Å². The number of nitrogens with zero attached hydrogens (tertiary/aromatic N) is 2. The van der Waals surface area contributed by atoms with Crippen LogP contribution in [0.3, 0.4) is 0 Å². The van der Waals surface area contributed by atoms with Crippen molar-refractivity contribution < 1.29 is 4.79 Å². The molecule has 0 aliphatic carbocycles. The van der Waals surface area contributed by atoms with Crippen LogP contribution in [0.1, 0.15) is 6.42 Å². The van der Waals surface area contributed by atoms with Gasteiger partial charge in [-0.2, -0.15) is 0 Å². The molecular formula is C7H10N4OS. The number of hydrogen-bond acceptors (Lipinski definition) is 5. The minimum Gasteiger partial charge on any atom is -0.316 e. The molecule has 2 rings (SSSR count). The lowest BCUT2D eigenvalue weighted by atomic mass is 9.99. The molecule has 1 fully saturated rings. The molecule has 2 heterocycles. The molecule has 70 valence electrons. The summed E-state index contributed by atoms with van der Waals surface area (Å²) in [6.45, 7) is 1.90. The van der Waals surface area contributed by atoms with Crippen LogP contribution < -0.4 is 10.6 Å². The summed E-state index contributed by atoms with van der Waals surface area (Å²) < 4.78 is 0. The first-order valence-corrected chi connectivity index (χ1v) is 4.99. The lowest BCUT2D eigenvalue weighted by molar-refractivity contribution is -0.117. The van der Waals surface area contributed by atoms with Crippen molar-refractivity contribution in [2.75, 3.05) is 18.4 Å². The highest BCUT2D eigenvalue weighted by Crippen LogP contribution is 2.12. The fraction of sp³-hybridized carbons (Fsp3) is 0.571. The molecule has 0 spiro atoms. The summed E-state index contributed by atoms with van der Waals surface area (Å²) in [6.07, 6.45) is 0.576. The average Bonchev–Trinajstić information content (AvgIpc) is 2.49. The minimum atomic E-state index is 0.0308. The fourth-order valence-electron chi connectivity index (χ4n) is 1.15. The molecule has 0 saturated carbocycles. The molecule has 1 aliphatic heterocycles. The highest BCUT2D eigenvalue weighted by atomic mass is 32.1. The standard InChI is InChI=1S/C7H10N4OS/c12-6(1-5-2-8-3-5)10-7-11-9-4-13-7/h4-5,8H,1-3H2,(H,10,11,12). The van der Waals surface area contributed by atoms with Gasteiger partial charge >= 0.3 is 0 Å². The first-order valence-electron chi connectivity index (χ1n) is 4.11. The van der Waals surface area contributed by atoms with Gasteiger partial charge in [0.2, 0.25) is 11.0 Å². The average molecular weight is 198 g/mol. The fourth-order valence-corrected chi connectivity index (χ4v) is 1.61. The van der Waals surface area contributed by atoms with Crippen molar-refractivity contribution in [1.29, 1.82) is 0 Å². The number of amides is 1. The molecule has 1 aliphatic rings. The van der Waals surface area contributed by atoms with Gasteiger partial charge in [0, 0.05) is 6.42 Å². The van der Waals surface area contributed by atoms with Crippen molar-refractivity contribution in [2.24, 2.45) is 5.92 Å². The van der Waals surface area contributed by atoms with Gasteiger partial charge in [-0.1, -0.05) is 11.3 Å². The summed E-state index contributed by atoms with van der Waals surface area (Å²) in [5.74, 6) is 0.524. The number of aromatic nitrogens is 2. The van der Waals surface area contributed by atoms with Gasteiger partial charge in [-0.05, 0) is 19.0 Å². The van der Waals surface area contributed by atoms with Gasteiger partial charge in [0.05, 0.1) is 0 Å². The van der Waals surface area contributed by atoms with Crippen LogP contribution in [0.2, 0.25) is 0 Å². The zero-order chi connectivity index (χ0) is 9.10. The highest BCUT2D eigenvalue weighted by molar-refractivity contribution is 7.13. The van der Waals surface area contributed by atoms with E-state index in [4.69, 9.17) is 0 Å². The van der Waals surface area contributed by atoms with E-state index in [-0.39, 0.29) is 5.91 Å². The highest BCUT2D eigenvalue weighted by Gasteiger charge is 2.20. The smallest absolute Gasteiger partial charge is 0.226 e. The van der Waals surface area contributed by atoms with Crippen molar-refractivity contribution in [3.05, 3.63) is 5.51 Å². The van der Waals surface area contributed by atoms with Crippen LogP contribution in [0.4, 0.5) is 5.13 Å². The lowest BCUT2D eigenvalue weighted by Gasteiger charge is -2.25. The van der Waals surface area contributed by atoms with Crippen molar-refractivity contribution in [3.8, 4) is 0 Å². The van der Waals surface area contributed by atoms with Gasteiger partial charge in [0.15, 0.2) is 0 Å². The maximum atomic E-state index is 11.3. The zero-order valence-electron chi connectivity index (χ0n) is 6.99. The van der Waals surface area contributed by atoms with Crippen LogP contribution >= 0.6 is 11.3 Å². The second kappa shape index (κ2) is 3.80. The number of rotatable bonds is 3. The van der Waals surface area contributed by atoms with E-state index in [1.807, 2.05) is 0 Å². The maximum absolute atomic E-state index is 11.3. The van der Waals surface area contributed by atoms with Crippen molar-refractivity contribution in [3.63, 3.8) is 0 Å². The summed E-state index contributed by atoms with van der Waals surface area (Å²) in [4.78, 5) is 11.3. The summed E-state index contributed by atoms with van der Waals surface area (Å²) in [5, 5.41) is 13.8. The molecular weight excluding hydrogens is 188 g/mol. The molecule has 2 N–H and O–H groups in total. The minimum absolute atomic E-state index is 0.0308. The molecule has 0 radical (unpaired) electrons. The maximum Gasteiger partial charge on any atom is 0.226 e. The number of carbonyl (C=O) groups excluding carboxylic acids is 1. The summed E-state index contributed by atoms with van der Waals surface area (Å²) in [5.41, 5.74) is 1.60. The van der Waals surface area contributed by atoms with E-state index >= 15 is 0 Å². The number of anilines is 1. The normalized spacial score (nSPS) is 16.6. The molecule has 1 amide bonds. The SMILES string of the molecule is O=C(CC1CNC1)Nc1nncs1. The van der Waals surface area contributed by atoms with Crippen molar-refractivity contribution >= 4 is 22.4 Å². The van der Waals surface area contributed by atoms with E-state index in [1.165, 1.54) is 11.3 Å². The van der Waals surface area contributed by atoms with Crippen LogP contribution in [0, 0.1) is 5.92 Å².